The molecule has 2 aromatic carbocycles. The quantitative estimate of drug-likeness (QED) is 0.740. The third kappa shape index (κ3) is 3.48. The van der Waals surface area contributed by atoms with Crippen LogP contribution in [0.3, 0.4) is 0 Å². The Balaban J connectivity index is 1.78. The minimum absolute atomic E-state index is 0.139. The number of carbonyl (C=O) groups excluding carboxylic acids is 1. The maximum absolute atomic E-state index is 12.3. The van der Waals surface area contributed by atoms with Gasteiger partial charge in [0, 0.05) is 16.0 Å². The van der Waals surface area contributed by atoms with Crippen LogP contribution in [0.15, 0.2) is 53.1 Å². The monoisotopic (exact) mass is 329 g/mol. The van der Waals surface area contributed by atoms with E-state index in [4.69, 9.17) is 20.8 Å². The lowest BCUT2D eigenvalue weighted by Crippen LogP contribution is -2.15. The number of halogens is 1. The Labute approximate surface area is 139 Å². The zero-order valence-electron chi connectivity index (χ0n) is 12.6. The number of hydrogen-bond acceptors (Lipinski definition) is 3. The fourth-order valence-electron chi connectivity index (χ4n) is 2.41. The Kier molecular flexibility index (Phi) is 4.53. The summed E-state index contributed by atoms with van der Waals surface area (Å²) >= 11 is 6.01. The molecule has 0 spiro atoms. The Morgan fingerprint density at radius 3 is 2.91 bits per heavy atom. The maximum atomic E-state index is 12.3. The van der Waals surface area contributed by atoms with Crippen molar-refractivity contribution in [2.24, 2.45) is 0 Å². The first-order valence-corrected chi connectivity index (χ1v) is 7.72. The molecule has 23 heavy (non-hydrogen) atoms. The second kappa shape index (κ2) is 6.75. The molecule has 1 heterocycles. The standard InChI is InChI=1S/C18H16ClNO3/c1-2-22-17-6-4-3-5-15(17)20-18(21)9-12-11-23-16-8-7-13(19)10-14(12)16/h3-8,10-11H,2,9H2,1H3,(H,20,21). The summed E-state index contributed by atoms with van der Waals surface area (Å²) in [4.78, 5) is 12.3. The van der Waals surface area contributed by atoms with Gasteiger partial charge in [-0.1, -0.05) is 23.7 Å². The first-order valence-electron chi connectivity index (χ1n) is 7.34. The molecule has 0 radical (unpaired) electrons. The Bertz CT molecular complexity index is 841. The summed E-state index contributed by atoms with van der Waals surface area (Å²) in [7, 11) is 0. The van der Waals surface area contributed by atoms with E-state index < -0.39 is 0 Å². The van der Waals surface area contributed by atoms with Gasteiger partial charge in [0.05, 0.1) is 25.0 Å². The van der Waals surface area contributed by atoms with E-state index in [1.807, 2.05) is 31.2 Å². The minimum atomic E-state index is -0.139. The number of amides is 1. The molecule has 5 heteroatoms. The first-order chi connectivity index (χ1) is 11.2. The summed E-state index contributed by atoms with van der Waals surface area (Å²) < 4.78 is 11.0. The highest BCUT2D eigenvalue weighted by Crippen LogP contribution is 2.27. The van der Waals surface area contributed by atoms with Gasteiger partial charge in [-0.05, 0) is 37.3 Å². The summed E-state index contributed by atoms with van der Waals surface area (Å²) in [6.45, 7) is 2.44. The molecule has 0 aliphatic rings. The lowest BCUT2D eigenvalue weighted by atomic mass is 10.1. The third-order valence-corrected chi connectivity index (χ3v) is 3.66. The zero-order valence-corrected chi connectivity index (χ0v) is 13.4. The van der Waals surface area contributed by atoms with Crippen LogP contribution in [0.1, 0.15) is 12.5 Å². The normalized spacial score (nSPS) is 10.7. The smallest absolute Gasteiger partial charge is 0.229 e. The molecule has 3 rings (SSSR count). The van der Waals surface area contributed by atoms with Crippen molar-refractivity contribution >= 4 is 34.2 Å². The average Bonchev–Trinajstić information content (AvgIpc) is 2.92. The molecular weight excluding hydrogens is 314 g/mol. The average molecular weight is 330 g/mol. The van der Waals surface area contributed by atoms with Crippen molar-refractivity contribution in [2.75, 3.05) is 11.9 Å². The summed E-state index contributed by atoms with van der Waals surface area (Å²) in [5.41, 5.74) is 2.17. The molecule has 0 bridgehead atoms. The molecule has 1 N–H and O–H groups in total. The number of ether oxygens (including phenoxy) is 1. The number of para-hydroxylation sites is 2. The molecule has 118 valence electrons. The molecule has 0 atom stereocenters. The Morgan fingerprint density at radius 2 is 2.09 bits per heavy atom. The topological polar surface area (TPSA) is 51.5 Å². The number of rotatable bonds is 5. The van der Waals surface area contributed by atoms with E-state index in [-0.39, 0.29) is 12.3 Å². The van der Waals surface area contributed by atoms with Crippen LogP contribution in [0.4, 0.5) is 5.69 Å². The minimum Gasteiger partial charge on any atom is -0.492 e. The number of furan rings is 1. The highest BCUT2D eigenvalue weighted by atomic mass is 35.5. The molecule has 0 saturated carbocycles. The van der Waals surface area contributed by atoms with Crippen LogP contribution in [0.5, 0.6) is 5.75 Å². The van der Waals surface area contributed by atoms with Crippen LogP contribution >= 0.6 is 11.6 Å². The molecule has 1 amide bonds. The van der Waals surface area contributed by atoms with Gasteiger partial charge in [0.25, 0.3) is 0 Å². The van der Waals surface area contributed by atoms with Crippen LogP contribution in [-0.2, 0) is 11.2 Å². The van der Waals surface area contributed by atoms with Crippen molar-refractivity contribution in [3.8, 4) is 5.75 Å². The van der Waals surface area contributed by atoms with Gasteiger partial charge in [-0.25, -0.2) is 0 Å². The molecular formula is C18H16ClNO3. The fourth-order valence-corrected chi connectivity index (χ4v) is 2.58. The van der Waals surface area contributed by atoms with Gasteiger partial charge >= 0.3 is 0 Å². The SMILES string of the molecule is CCOc1ccccc1NC(=O)Cc1coc2ccc(Cl)cc12. The third-order valence-electron chi connectivity index (χ3n) is 3.43. The van der Waals surface area contributed by atoms with Crippen molar-refractivity contribution < 1.29 is 13.9 Å². The van der Waals surface area contributed by atoms with E-state index in [0.29, 0.717) is 28.6 Å². The molecule has 1 aromatic heterocycles. The van der Waals surface area contributed by atoms with Crippen LogP contribution in [0.2, 0.25) is 5.02 Å². The number of hydrogen-bond donors (Lipinski definition) is 1. The molecule has 0 saturated heterocycles. The number of fused-ring (bicyclic) bond motifs is 1. The lowest BCUT2D eigenvalue weighted by Gasteiger charge is -2.10. The predicted octanol–water partition coefficient (Wildman–Crippen LogP) is 4.67. The lowest BCUT2D eigenvalue weighted by molar-refractivity contribution is -0.115. The van der Waals surface area contributed by atoms with Gasteiger partial charge in [-0.3, -0.25) is 4.79 Å². The van der Waals surface area contributed by atoms with Crippen molar-refractivity contribution in [3.63, 3.8) is 0 Å². The van der Waals surface area contributed by atoms with E-state index in [2.05, 4.69) is 5.32 Å². The molecule has 3 aromatic rings. The summed E-state index contributed by atoms with van der Waals surface area (Å²) in [6.07, 6.45) is 1.79. The van der Waals surface area contributed by atoms with E-state index in [1.165, 1.54) is 0 Å². The highest BCUT2D eigenvalue weighted by molar-refractivity contribution is 6.31. The molecule has 0 fully saturated rings. The van der Waals surface area contributed by atoms with E-state index in [9.17, 15) is 4.79 Å². The van der Waals surface area contributed by atoms with E-state index in [0.717, 1.165) is 10.9 Å². The summed E-state index contributed by atoms with van der Waals surface area (Å²) in [5.74, 6) is 0.517. The number of nitrogens with one attached hydrogen (secondary N) is 1. The van der Waals surface area contributed by atoms with Gasteiger partial charge < -0.3 is 14.5 Å². The molecule has 0 aliphatic carbocycles. The Hall–Kier alpha value is -2.46. The van der Waals surface area contributed by atoms with E-state index in [1.54, 1.807) is 24.5 Å². The van der Waals surface area contributed by atoms with Gasteiger partial charge in [-0.2, -0.15) is 0 Å². The Morgan fingerprint density at radius 1 is 1.26 bits per heavy atom. The van der Waals surface area contributed by atoms with Crippen LogP contribution < -0.4 is 10.1 Å². The molecule has 0 aliphatic heterocycles. The van der Waals surface area contributed by atoms with Crippen molar-refractivity contribution in [1.82, 2.24) is 0 Å². The van der Waals surface area contributed by atoms with Gasteiger partial charge in [0.15, 0.2) is 0 Å². The van der Waals surface area contributed by atoms with Crippen LogP contribution in [0.25, 0.3) is 11.0 Å². The second-order valence-corrected chi connectivity index (χ2v) is 5.49. The zero-order chi connectivity index (χ0) is 16.2. The highest BCUT2D eigenvalue weighted by Gasteiger charge is 2.12. The van der Waals surface area contributed by atoms with Gasteiger partial charge in [-0.15, -0.1) is 0 Å². The van der Waals surface area contributed by atoms with Crippen LogP contribution in [-0.4, -0.2) is 12.5 Å². The van der Waals surface area contributed by atoms with Crippen molar-refractivity contribution in [1.29, 1.82) is 0 Å². The van der Waals surface area contributed by atoms with E-state index >= 15 is 0 Å². The number of anilines is 1. The fraction of sp³-hybridized carbons (Fsp3) is 0.167. The van der Waals surface area contributed by atoms with Crippen molar-refractivity contribution in [3.05, 3.63) is 59.3 Å². The number of benzene rings is 2. The van der Waals surface area contributed by atoms with Gasteiger partial charge in [0.1, 0.15) is 11.3 Å². The number of carbonyl (C=O) groups is 1. The van der Waals surface area contributed by atoms with Crippen LogP contribution in [0, 0.1) is 0 Å². The largest absolute Gasteiger partial charge is 0.492 e. The molecule has 0 unspecified atom stereocenters. The summed E-state index contributed by atoms with van der Waals surface area (Å²) in [6, 6.07) is 12.7. The second-order valence-electron chi connectivity index (χ2n) is 5.06. The van der Waals surface area contributed by atoms with Gasteiger partial charge in [0.2, 0.25) is 5.91 Å². The first kappa shape index (κ1) is 15.4. The van der Waals surface area contributed by atoms with Crippen molar-refractivity contribution in [2.45, 2.75) is 13.3 Å². The maximum Gasteiger partial charge on any atom is 0.229 e. The predicted molar refractivity (Wildman–Crippen MR) is 91.2 cm³/mol. The molecule has 4 nitrogen and oxygen atoms in total. The summed E-state index contributed by atoms with van der Waals surface area (Å²) in [5, 5.41) is 4.34.